The fraction of sp³-hybridized carbons (Fsp3) is 0.727. The zero-order valence-electron chi connectivity index (χ0n) is 16.9. The first kappa shape index (κ1) is 30.4. The van der Waals surface area contributed by atoms with Crippen LogP contribution in [0.5, 0.6) is 0 Å². The van der Waals surface area contributed by atoms with Gasteiger partial charge in [-0.1, -0.05) is 51.4 Å². The maximum atomic E-state index is 10.2. The summed E-state index contributed by atoms with van der Waals surface area (Å²) in [5, 5.41) is 16.7. The van der Waals surface area contributed by atoms with E-state index in [0.29, 0.717) is 12.8 Å². The molecule has 0 aliphatic rings. The number of terminal acetylenes is 2. The molecular formula is C22H36O4Zn. The van der Waals surface area contributed by atoms with Crippen molar-refractivity contribution >= 4 is 11.9 Å². The molecule has 0 aromatic rings. The van der Waals surface area contributed by atoms with Gasteiger partial charge in [-0.15, -0.1) is 24.7 Å². The summed E-state index contributed by atoms with van der Waals surface area (Å²) in [7, 11) is 0. The van der Waals surface area contributed by atoms with Gasteiger partial charge in [0, 0.05) is 45.2 Å². The summed E-state index contributed by atoms with van der Waals surface area (Å²) in [6.45, 7) is 0. The molecule has 0 rings (SSSR count). The summed E-state index contributed by atoms with van der Waals surface area (Å²) < 4.78 is 0. The van der Waals surface area contributed by atoms with E-state index < -0.39 is 11.9 Å². The van der Waals surface area contributed by atoms with Gasteiger partial charge in [0.25, 0.3) is 0 Å². The quantitative estimate of drug-likeness (QED) is 0.189. The molecule has 0 spiro atoms. The summed E-state index contributed by atoms with van der Waals surface area (Å²) in [6.07, 6.45) is 25.5. The molecule has 5 heteroatoms. The van der Waals surface area contributed by atoms with E-state index in [1.807, 2.05) is 0 Å². The summed E-state index contributed by atoms with van der Waals surface area (Å²) in [4.78, 5) is 20.3. The molecule has 0 aliphatic heterocycles. The number of aliphatic carboxylic acids is 2. The predicted molar refractivity (Wildman–Crippen MR) is 107 cm³/mol. The molecule has 0 unspecified atom stereocenters. The van der Waals surface area contributed by atoms with Crippen molar-refractivity contribution in [3.8, 4) is 24.7 Å². The second-order valence-corrected chi connectivity index (χ2v) is 6.44. The average Bonchev–Trinajstić information content (AvgIpc) is 2.60. The fourth-order valence-electron chi connectivity index (χ4n) is 2.42. The molecule has 0 radical (unpaired) electrons. The van der Waals surface area contributed by atoms with Gasteiger partial charge in [-0.2, -0.15) is 0 Å². The fourth-order valence-corrected chi connectivity index (χ4v) is 2.42. The number of rotatable bonds is 16. The minimum atomic E-state index is -0.688. The smallest absolute Gasteiger partial charge is 0.303 e. The van der Waals surface area contributed by atoms with Crippen molar-refractivity contribution in [2.75, 3.05) is 0 Å². The third-order valence-electron chi connectivity index (χ3n) is 3.92. The Morgan fingerprint density at radius 3 is 1.07 bits per heavy atom. The van der Waals surface area contributed by atoms with E-state index in [1.165, 1.54) is 25.7 Å². The monoisotopic (exact) mass is 428 g/mol. The maximum absolute atomic E-state index is 10.2. The molecule has 0 saturated carbocycles. The number of carboxylic acid groups (broad SMARTS) is 2. The molecule has 150 valence electrons. The number of unbranched alkanes of at least 4 members (excludes halogenated alkanes) is 12. The Morgan fingerprint density at radius 1 is 0.556 bits per heavy atom. The van der Waals surface area contributed by atoms with Crippen molar-refractivity contribution in [3.63, 3.8) is 0 Å². The van der Waals surface area contributed by atoms with Gasteiger partial charge >= 0.3 is 11.9 Å². The van der Waals surface area contributed by atoms with Crippen LogP contribution >= 0.6 is 0 Å². The molecule has 4 nitrogen and oxygen atoms in total. The van der Waals surface area contributed by atoms with E-state index in [2.05, 4.69) is 11.8 Å². The Hall–Kier alpha value is -1.32. The van der Waals surface area contributed by atoms with Gasteiger partial charge < -0.3 is 10.2 Å². The van der Waals surface area contributed by atoms with Gasteiger partial charge in [-0.3, -0.25) is 9.59 Å². The Labute approximate surface area is 178 Å². The zero-order chi connectivity index (χ0) is 19.9. The standard InChI is InChI=1S/2C11H18O2.Zn/c2*1-2-3-4-5-6-7-8-9-10-11(12)13;/h2*1H,3-10H2,(H,12,13);. The minimum Gasteiger partial charge on any atom is -0.481 e. The molecule has 0 heterocycles. The Bertz CT molecular complexity index is 381. The van der Waals surface area contributed by atoms with Gasteiger partial charge in [0.15, 0.2) is 0 Å². The number of hydrogen-bond acceptors (Lipinski definition) is 2. The Balaban J connectivity index is -0.000000411. The Morgan fingerprint density at radius 2 is 0.815 bits per heavy atom. The van der Waals surface area contributed by atoms with Crippen molar-refractivity contribution < 1.29 is 39.3 Å². The third-order valence-corrected chi connectivity index (χ3v) is 3.92. The van der Waals surface area contributed by atoms with Crippen LogP contribution in [0.3, 0.4) is 0 Å². The predicted octanol–water partition coefficient (Wildman–Crippen LogP) is 5.65. The maximum Gasteiger partial charge on any atom is 0.303 e. The molecule has 0 aromatic carbocycles. The molecule has 0 bridgehead atoms. The summed E-state index contributed by atoms with van der Waals surface area (Å²) in [6, 6.07) is 0. The van der Waals surface area contributed by atoms with Crippen LogP contribution in [0.15, 0.2) is 0 Å². The minimum absolute atomic E-state index is 0. The summed E-state index contributed by atoms with van der Waals surface area (Å²) in [5.74, 6) is 3.84. The van der Waals surface area contributed by atoms with E-state index in [1.54, 1.807) is 0 Å². The Kier molecular flexibility index (Phi) is 30.3. The first-order chi connectivity index (χ1) is 12.5. The topological polar surface area (TPSA) is 74.6 Å². The second kappa shape index (κ2) is 26.9. The average molecular weight is 430 g/mol. The molecule has 2 N–H and O–H groups in total. The molecule has 0 amide bonds. The number of carbonyl (C=O) groups is 2. The van der Waals surface area contributed by atoms with E-state index in [9.17, 15) is 9.59 Å². The largest absolute Gasteiger partial charge is 0.481 e. The van der Waals surface area contributed by atoms with E-state index in [0.717, 1.165) is 64.2 Å². The van der Waals surface area contributed by atoms with Crippen LogP contribution in [-0.4, -0.2) is 22.2 Å². The van der Waals surface area contributed by atoms with Crippen LogP contribution in [0.25, 0.3) is 0 Å². The molecular weight excluding hydrogens is 394 g/mol. The SMILES string of the molecule is C#CCCCCCCCCC(=O)O.C#CCCCCCCCCC(=O)O.[Zn]. The molecule has 0 atom stereocenters. The van der Waals surface area contributed by atoms with Crippen LogP contribution in [0.2, 0.25) is 0 Å². The van der Waals surface area contributed by atoms with Gasteiger partial charge in [0.1, 0.15) is 0 Å². The van der Waals surface area contributed by atoms with E-state index in [-0.39, 0.29) is 19.5 Å². The number of carboxylic acids is 2. The summed E-state index contributed by atoms with van der Waals surface area (Å²) in [5.41, 5.74) is 0. The van der Waals surface area contributed by atoms with Crippen LogP contribution in [0.1, 0.15) is 103 Å². The molecule has 0 fully saturated rings. The van der Waals surface area contributed by atoms with Crippen molar-refractivity contribution in [2.45, 2.75) is 103 Å². The summed E-state index contributed by atoms with van der Waals surface area (Å²) >= 11 is 0. The van der Waals surface area contributed by atoms with Crippen molar-refractivity contribution in [2.24, 2.45) is 0 Å². The van der Waals surface area contributed by atoms with Crippen molar-refractivity contribution in [3.05, 3.63) is 0 Å². The normalized spacial score (nSPS) is 9.11. The van der Waals surface area contributed by atoms with Crippen LogP contribution in [-0.2, 0) is 29.1 Å². The van der Waals surface area contributed by atoms with E-state index in [4.69, 9.17) is 23.1 Å². The molecule has 0 aliphatic carbocycles. The second-order valence-electron chi connectivity index (χ2n) is 6.44. The van der Waals surface area contributed by atoms with Gasteiger partial charge in [-0.05, 0) is 25.7 Å². The van der Waals surface area contributed by atoms with Gasteiger partial charge in [0.05, 0.1) is 0 Å². The number of hydrogen-bond donors (Lipinski definition) is 2. The first-order valence-electron chi connectivity index (χ1n) is 9.85. The molecule has 0 aromatic heterocycles. The van der Waals surface area contributed by atoms with Crippen molar-refractivity contribution in [1.82, 2.24) is 0 Å². The third kappa shape index (κ3) is 36.4. The van der Waals surface area contributed by atoms with Gasteiger partial charge in [-0.25, -0.2) is 0 Å². The van der Waals surface area contributed by atoms with Crippen LogP contribution < -0.4 is 0 Å². The van der Waals surface area contributed by atoms with Crippen LogP contribution in [0.4, 0.5) is 0 Å². The molecule has 0 saturated heterocycles. The first-order valence-corrected chi connectivity index (χ1v) is 9.85. The van der Waals surface area contributed by atoms with Crippen LogP contribution in [0, 0.1) is 24.7 Å². The van der Waals surface area contributed by atoms with Crippen molar-refractivity contribution in [1.29, 1.82) is 0 Å². The molecule has 27 heavy (non-hydrogen) atoms. The van der Waals surface area contributed by atoms with E-state index >= 15 is 0 Å². The van der Waals surface area contributed by atoms with Gasteiger partial charge in [0.2, 0.25) is 0 Å². The zero-order valence-corrected chi connectivity index (χ0v) is 19.9.